The third-order valence-corrected chi connectivity index (χ3v) is 6.75. The van der Waals surface area contributed by atoms with E-state index in [1.807, 2.05) is 11.8 Å². The molecular weight excluding hydrogens is 250 g/mol. The monoisotopic (exact) mass is 277 g/mol. The Morgan fingerprint density at radius 2 is 1.79 bits per heavy atom. The van der Waals surface area contributed by atoms with Crippen LogP contribution >= 0.6 is 11.8 Å². The van der Waals surface area contributed by atoms with Gasteiger partial charge in [-0.3, -0.25) is 0 Å². The smallest absolute Gasteiger partial charge is 0.0545 e. The molecule has 1 atom stereocenters. The molecule has 1 N–H and O–H groups in total. The van der Waals surface area contributed by atoms with E-state index < -0.39 is 0 Å². The number of hydrogen-bond acceptors (Lipinski definition) is 2. The van der Waals surface area contributed by atoms with Gasteiger partial charge in [0.25, 0.3) is 0 Å². The van der Waals surface area contributed by atoms with Crippen molar-refractivity contribution in [2.75, 3.05) is 18.1 Å². The van der Waals surface area contributed by atoms with E-state index in [0.29, 0.717) is 11.5 Å². The zero-order valence-electron chi connectivity index (χ0n) is 12.2. The van der Waals surface area contributed by atoms with E-state index in [0.717, 1.165) is 35.8 Å². The second-order valence-electron chi connectivity index (χ2n) is 7.21. The van der Waals surface area contributed by atoms with Crippen LogP contribution in [-0.4, -0.2) is 24.1 Å². The maximum atomic E-state index is 5.28. The summed E-state index contributed by atoms with van der Waals surface area (Å²) in [6.07, 6.45) is 14.4. The average Bonchev–Trinajstić information content (AvgIpc) is 2.36. The summed E-state index contributed by atoms with van der Waals surface area (Å²) in [4.78, 5) is 0. The Morgan fingerprint density at radius 1 is 1.21 bits per heavy atom. The summed E-state index contributed by atoms with van der Waals surface area (Å²) >= 11 is 1.87. The second kappa shape index (κ2) is 5.70. The number of rotatable bonds is 6. The lowest BCUT2D eigenvalue weighted by molar-refractivity contribution is -0.0700. The Hall–Kier alpha value is -0.130. The van der Waals surface area contributed by atoms with Crippen molar-refractivity contribution in [1.82, 2.24) is 5.32 Å². The average molecular weight is 277 g/mol. The summed E-state index contributed by atoms with van der Waals surface area (Å²) in [6, 6.07) is 0.701. The minimum absolute atomic E-state index is 0.644. The number of hydrogen-bond donors (Lipinski definition) is 1. The van der Waals surface area contributed by atoms with Gasteiger partial charge in [0.05, 0.1) is 5.75 Å². The van der Waals surface area contributed by atoms with E-state index in [9.17, 15) is 0 Å². The number of nitrogens with one attached hydrogen (secondary N) is 1. The molecule has 4 aliphatic rings. The molecule has 1 nitrogen and oxygen atoms in total. The lowest BCUT2D eigenvalue weighted by Gasteiger charge is -2.59. The van der Waals surface area contributed by atoms with Gasteiger partial charge < -0.3 is 5.32 Å². The predicted octanol–water partition coefficient (Wildman–Crippen LogP) is 3.55. The van der Waals surface area contributed by atoms with Crippen LogP contribution in [0.25, 0.3) is 0 Å². The minimum Gasteiger partial charge on any atom is -0.313 e. The van der Waals surface area contributed by atoms with Crippen LogP contribution in [0.1, 0.15) is 45.4 Å². The Morgan fingerprint density at radius 3 is 2.32 bits per heavy atom. The summed E-state index contributed by atoms with van der Waals surface area (Å²) in [5, 5.41) is 3.81. The van der Waals surface area contributed by atoms with Crippen LogP contribution in [0.3, 0.4) is 0 Å². The highest BCUT2D eigenvalue weighted by Crippen LogP contribution is 2.61. The largest absolute Gasteiger partial charge is 0.313 e. The highest BCUT2D eigenvalue weighted by atomic mass is 32.2. The van der Waals surface area contributed by atoms with E-state index >= 15 is 0 Å². The molecule has 0 amide bonds. The zero-order valence-corrected chi connectivity index (χ0v) is 13.0. The maximum absolute atomic E-state index is 5.28. The van der Waals surface area contributed by atoms with Gasteiger partial charge in [0.2, 0.25) is 0 Å². The number of thioether (sulfide) groups is 1. The standard InChI is InChI=1S/C17H27NS/c1-3-5-19-6-4-18-13(2)17-10-14-7-15(11-17)9-16(8-14)12-17/h1,13-16,18H,4-12H2,2H3. The lowest BCUT2D eigenvalue weighted by Crippen LogP contribution is -2.55. The van der Waals surface area contributed by atoms with Crippen LogP contribution in [0.4, 0.5) is 0 Å². The van der Waals surface area contributed by atoms with Crippen molar-refractivity contribution in [3.63, 3.8) is 0 Å². The summed E-state index contributed by atoms with van der Waals surface area (Å²) in [5.74, 6) is 7.89. The Labute approximate surface area is 122 Å². The van der Waals surface area contributed by atoms with Gasteiger partial charge in [0.15, 0.2) is 0 Å². The fourth-order valence-corrected chi connectivity index (χ4v) is 5.93. The summed E-state index contributed by atoms with van der Waals surface area (Å²) in [5.41, 5.74) is 0.644. The van der Waals surface area contributed by atoms with Crippen LogP contribution in [0.15, 0.2) is 0 Å². The van der Waals surface area contributed by atoms with E-state index in [1.54, 1.807) is 19.3 Å². The van der Waals surface area contributed by atoms with Crippen LogP contribution in [0.5, 0.6) is 0 Å². The first-order valence-corrected chi connectivity index (χ1v) is 9.12. The molecule has 0 aromatic carbocycles. The van der Waals surface area contributed by atoms with Crippen molar-refractivity contribution < 1.29 is 0 Å². The molecule has 0 saturated heterocycles. The van der Waals surface area contributed by atoms with Crippen molar-refractivity contribution in [2.45, 2.75) is 51.5 Å². The van der Waals surface area contributed by atoms with Gasteiger partial charge >= 0.3 is 0 Å². The topological polar surface area (TPSA) is 12.0 Å². The highest BCUT2D eigenvalue weighted by molar-refractivity contribution is 7.99. The maximum Gasteiger partial charge on any atom is 0.0545 e. The SMILES string of the molecule is C#CCSCCNC(C)C12CC3CC(CC(C3)C1)C2. The van der Waals surface area contributed by atoms with E-state index in [4.69, 9.17) is 6.42 Å². The molecule has 0 spiro atoms. The molecule has 1 unspecified atom stereocenters. The first kappa shape index (κ1) is 13.8. The highest BCUT2D eigenvalue weighted by Gasteiger charge is 2.52. The van der Waals surface area contributed by atoms with Gasteiger partial charge in [-0.1, -0.05) is 5.92 Å². The van der Waals surface area contributed by atoms with Gasteiger partial charge in [-0.15, -0.1) is 18.2 Å². The van der Waals surface area contributed by atoms with Crippen molar-refractivity contribution >= 4 is 11.8 Å². The Bertz CT molecular complexity index is 321. The van der Waals surface area contributed by atoms with Gasteiger partial charge in [-0.2, -0.15) is 0 Å². The molecule has 4 saturated carbocycles. The Kier molecular flexibility index (Phi) is 4.15. The summed E-state index contributed by atoms with van der Waals surface area (Å²) in [6.45, 7) is 3.56. The zero-order chi connectivity index (χ0) is 13.3. The van der Waals surface area contributed by atoms with Gasteiger partial charge in [-0.25, -0.2) is 0 Å². The quantitative estimate of drug-likeness (QED) is 0.588. The fourth-order valence-electron chi connectivity index (χ4n) is 5.40. The van der Waals surface area contributed by atoms with E-state index in [1.165, 1.54) is 19.3 Å². The first-order valence-electron chi connectivity index (χ1n) is 7.96. The molecule has 0 heterocycles. The molecule has 106 valence electrons. The van der Waals surface area contributed by atoms with Crippen LogP contribution in [0.2, 0.25) is 0 Å². The van der Waals surface area contributed by atoms with Crippen molar-refractivity contribution in [3.05, 3.63) is 0 Å². The minimum atomic E-state index is 0.644. The van der Waals surface area contributed by atoms with Gasteiger partial charge in [-0.05, 0) is 68.6 Å². The molecule has 4 aliphatic carbocycles. The first-order chi connectivity index (χ1) is 9.22. The second-order valence-corrected chi connectivity index (χ2v) is 8.32. The van der Waals surface area contributed by atoms with Gasteiger partial charge in [0.1, 0.15) is 0 Å². The third kappa shape index (κ3) is 2.83. The van der Waals surface area contributed by atoms with Gasteiger partial charge in [0, 0.05) is 18.3 Å². The molecule has 0 aliphatic heterocycles. The molecule has 4 rings (SSSR count). The van der Waals surface area contributed by atoms with E-state index in [2.05, 4.69) is 18.2 Å². The summed E-state index contributed by atoms with van der Waals surface area (Å²) in [7, 11) is 0. The molecule has 0 aromatic heterocycles. The van der Waals surface area contributed by atoms with E-state index in [-0.39, 0.29) is 0 Å². The number of terminal acetylenes is 1. The lowest BCUT2D eigenvalue weighted by atomic mass is 9.48. The molecule has 19 heavy (non-hydrogen) atoms. The predicted molar refractivity (Wildman–Crippen MR) is 84.2 cm³/mol. The molecule has 0 radical (unpaired) electrons. The van der Waals surface area contributed by atoms with Crippen molar-refractivity contribution in [2.24, 2.45) is 23.2 Å². The molecule has 4 fully saturated rings. The molecular formula is C17H27NS. The summed E-state index contributed by atoms with van der Waals surface area (Å²) < 4.78 is 0. The molecule has 0 aromatic rings. The van der Waals surface area contributed by atoms with Crippen LogP contribution in [-0.2, 0) is 0 Å². The molecule has 4 bridgehead atoms. The van der Waals surface area contributed by atoms with Crippen LogP contribution in [0, 0.1) is 35.5 Å². The normalized spacial score (nSPS) is 41.2. The van der Waals surface area contributed by atoms with Crippen molar-refractivity contribution in [1.29, 1.82) is 0 Å². The fraction of sp³-hybridized carbons (Fsp3) is 0.882. The van der Waals surface area contributed by atoms with Crippen LogP contribution < -0.4 is 5.32 Å². The molecule has 2 heteroatoms. The Balaban J connectivity index is 1.52. The van der Waals surface area contributed by atoms with Crippen molar-refractivity contribution in [3.8, 4) is 12.3 Å². The third-order valence-electron chi connectivity index (χ3n) is 5.89.